The minimum atomic E-state index is 0.147. The second-order valence-corrected chi connectivity index (χ2v) is 7.60. The topological polar surface area (TPSA) is 47.8 Å². The van der Waals surface area contributed by atoms with Gasteiger partial charge in [0, 0.05) is 34.3 Å². The van der Waals surface area contributed by atoms with Crippen LogP contribution in [0.5, 0.6) is 0 Å². The first kappa shape index (κ1) is 16.2. The molecule has 0 aliphatic carbocycles. The Bertz CT molecular complexity index is 879. The highest BCUT2D eigenvalue weighted by molar-refractivity contribution is 8.00. The van der Waals surface area contributed by atoms with E-state index in [0.717, 1.165) is 38.6 Å². The number of aryl methyl sites for hydroxylation is 2. The van der Waals surface area contributed by atoms with Crippen molar-refractivity contribution in [2.75, 3.05) is 5.75 Å². The van der Waals surface area contributed by atoms with E-state index in [0.29, 0.717) is 5.75 Å². The van der Waals surface area contributed by atoms with Gasteiger partial charge in [-0.15, -0.1) is 11.3 Å². The summed E-state index contributed by atoms with van der Waals surface area (Å²) in [5.74, 6) is 0.544. The van der Waals surface area contributed by atoms with Gasteiger partial charge in [0.05, 0.1) is 5.75 Å². The zero-order valence-corrected chi connectivity index (χ0v) is 15.3. The van der Waals surface area contributed by atoms with E-state index in [2.05, 4.69) is 23.0 Å². The smallest absolute Gasteiger partial charge is 0.174 e. The number of thioether (sulfide) groups is 1. The van der Waals surface area contributed by atoms with Crippen LogP contribution < -0.4 is 0 Å². The summed E-state index contributed by atoms with van der Waals surface area (Å²) in [4.78, 5) is 23.5. The molecular weight excluding hydrogens is 326 g/mol. The molecule has 3 rings (SSSR count). The van der Waals surface area contributed by atoms with E-state index >= 15 is 0 Å². The average molecular weight is 345 g/mol. The Kier molecular flexibility index (Phi) is 4.55. The summed E-state index contributed by atoms with van der Waals surface area (Å²) >= 11 is 3.19. The van der Waals surface area contributed by atoms with Crippen molar-refractivity contribution in [3.8, 4) is 0 Å². The SMILES string of the molecule is CCc1cc2c(SCC(=O)c3cc(C)n(C)c3C)ncnc2s1. The largest absolute Gasteiger partial charge is 0.351 e. The summed E-state index contributed by atoms with van der Waals surface area (Å²) in [6.07, 6.45) is 2.58. The Hall–Kier alpha value is -1.66. The molecule has 0 atom stereocenters. The number of carbonyl (C=O) groups excluding carboxylic acids is 1. The van der Waals surface area contributed by atoms with Gasteiger partial charge < -0.3 is 4.57 Å². The van der Waals surface area contributed by atoms with Crippen LogP contribution in [0.2, 0.25) is 0 Å². The molecule has 0 saturated carbocycles. The van der Waals surface area contributed by atoms with Gasteiger partial charge in [0.15, 0.2) is 5.78 Å². The molecule has 23 heavy (non-hydrogen) atoms. The van der Waals surface area contributed by atoms with E-state index in [-0.39, 0.29) is 5.78 Å². The zero-order chi connectivity index (χ0) is 16.6. The van der Waals surface area contributed by atoms with E-state index < -0.39 is 0 Å². The third kappa shape index (κ3) is 3.05. The second-order valence-electron chi connectivity index (χ2n) is 5.52. The number of carbonyl (C=O) groups is 1. The molecule has 4 nitrogen and oxygen atoms in total. The molecule has 0 radical (unpaired) electrons. The lowest BCUT2D eigenvalue weighted by atomic mass is 10.2. The highest BCUT2D eigenvalue weighted by Gasteiger charge is 2.16. The molecule has 120 valence electrons. The highest BCUT2D eigenvalue weighted by atomic mass is 32.2. The standard InChI is InChI=1S/C17H19N3OS2/c1-5-12-7-14-16(18-9-19-17(14)23-12)22-8-15(21)13-6-10(2)20(4)11(13)3/h6-7,9H,5,8H2,1-4H3. The Balaban J connectivity index is 1.81. The number of thiophene rings is 1. The molecule has 3 heterocycles. The third-order valence-corrected chi connectivity index (χ3v) is 6.30. The van der Waals surface area contributed by atoms with Crippen LogP contribution in [0.3, 0.4) is 0 Å². The van der Waals surface area contributed by atoms with Crippen LogP contribution in [-0.4, -0.2) is 26.1 Å². The van der Waals surface area contributed by atoms with Crippen LogP contribution in [0.1, 0.15) is 33.5 Å². The van der Waals surface area contributed by atoms with Gasteiger partial charge in [-0.05, 0) is 32.4 Å². The van der Waals surface area contributed by atoms with Gasteiger partial charge in [-0.1, -0.05) is 18.7 Å². The van der Waals surface area contributed by atoms with Gasteiger partial charge in [-0.2, -0.15) is 0 Å². The molecule has 6 heteroatoms. The van der Waals surface area contributed by atoms with Crippen LogP contribution in [-0.2, 0) is 13.5 Å². The summed E-state index contributed by atoms with van der Waals surface area (Å²) in [6.45, 7) is 6.14. The lowest BCUT2D eigenvalue weighted by molar-refractivity contribution is 0.102. The Morgan fingerprint density at radius 3 is 2.74 bits per heavy atom. The summed E-state index contributed by atoms with van der Waals surface area (Å²) in [5.41, 5.74) is 2.93. The zero-order valence-electron chi connectivity index (χ0n) is 13.7. The van der Waals surface area contributed by atoms with Crippen molar-refractivity contribution in [1.29, 1.82) is 0 Å². The lowest BCUT2D eigenvalue weighted by Crippen LogP contribution is -2.04. The van der Waals surface area contributed by atoms with Crippen LogP contribution >= 0.6 is 23.1 Å². The summed E-state index contributed by atoms with van der Waals surface area (Å²) in [5, 5.41) is 1.96. The number of Topliss-reactive ketones (excluding diaryl/α,β-unsaturated/α-hetero) is 1. The van der Waals surface area contributed by atoms with Crippen LogP contribution in [0, 0.1) is 13.8 Å². The highest BCUT2D eigenvalue weighted by Crippen LogP contribution is 2.31. The maximum Gasteiger partial charge on any atom is 0.174 e. The molecule has 3 aromatic heterocycles. The minimum Gasteiger partial charge on any atom is -0.351 e. The van der Waals surface area contributed by atoms with E-state index in [1.165, 1.54) is 16.6 Å². The first-order chi connectivity index (χ1) is 11.0. The quantitative estimate of drug-likeness (QED) is 0.395. The normalized spacial score (nSPS) is 11.3. The van der Waals surface area contributed by atoms with Gasteiger partial charge >= 0.3 is 0 Å². The fourth-order valence-electron chi connectivity index (χ4n) is 2.52. The van der Waals surface area contributed by atoms with Crippen LogP contribution in [0.4, 0.5) is 0 Å². The number of hydrogen-bond acceptors (Lipinski definition) is 5. The maximum atomic E-state index is 12.5. The number of nitrogens with zero attached hydrogens (tertiary/aromatic N) is 3. The van der Waals surface area contributed by atoms with Gasteiger partial charge in [0.1, 0.15) is 16.2 Å². The predicted octanol–water partition coefficient (Wildman–Crippen LogP) is 4.18. The molecule has 0 N–H and O–H groups in total. The molecule has 0 fully saturated rings. The average Bonchev–Trinajstić information content (AvgIpc) is 3.09. The van der Waals surface area contributed by atoms with Gasteiger partial charge in [-0.25, -0.2) is 9.97 Å². The molecular formula is C17H19N3OS2. The monoisotopic (exact) mass is 345 g/mol. The van der Waals surface area contributed by atoms with Gasteiger partial charge in [0.2, 0.25) is 0 Å². The maximum absolute atomic E-state index is 12.5. The molecule has 0 saturated heterocycles. The minimum absolute atomic E-state index is 0.147. The predicted molar refractivity (Wildman–Crippen MR) is 96.7 cm³/mol. The third-order valence-electron chi connectivity index (χ3n) is 4.11. The van der Waals surface area contributed by atoms with Crippen LogP contribution in [0.15, 0.2) is 23.5 Å². The number of ketones is 1. The van der Waals surface area contributed by atoms with Crippen molar-refractivity contribution in [2.45, 2.75) is 32.2 Å². The summed E-state index contributed by atoms with van der Waals surface area (Å²) < 4.78 is 2.05. The molecule has 0 amide bonds. The fourth-order valence-corrected chi connectivity index (χ4v) is 4.38. The van der Waals surface area contributed by atoms with Crippen LogP contribution in [0.25, 0.3) is 10.2 Å². The second kappa shape index (κ2) is 6.45. The fraction of sp³-hybridized carbons (Fsp3) is 0.353. The first-order valence-electron chi connectivity index (χ1n) is 7.53. The molecule has 0 bridgehead atoms. The molecule has 0 aliphatic rings. The number of hydrogen-bond donors (Lipinski definition) is 0. The van der Waals surface area contributed by atoms with Gasteiger partial charge in [-0.3, -0.25) is 4.79 Å². The Morgan fingerprint density at radius 2 is 2.09 bits per heavy atom. The van der Waals surface area contributed by atoms with Crippen molar-refractivity contribution in [1.82, 2.24) is 14.5 Å². The number of fused-ring (bicyclic) bond motifs is 1. The molecule has 0 aliphatic heterocycles. The lowest BCUT2D eigenvalue weighted by Gasteiger charge is -2.03. The molecule has 0 unspecified atom stereocenters. The van der Waals surface area contributed by atoms with E-state index in [1.54, 1.807) is 17.7 Å². The summed E-state index contributed by atoms with van der Waals surface area (Å²) in [6, 6.07) is 4.11. The summed E-state index contributed by atoms with van der Waals surface area (Å²) in [7, 11) is 1.99. The van der Waals surface area contributed by atoms with E-state index in [9.17, 15) is 4.79 Å². The number of aromatic nitrogens is 3. The molecule has 0 spiro atoms. The van der Waals surface area contributed by atoms with Crippen molar-refractivity contribution >= 4 is 39.1 Å². The Morgan fingerprint density at radius 1 is 1.30 bits per heavy atom. The van der Waals surface area contributed by atoms with Gasteiger partial charge in [0.25, 0.3) is 0 Å². The molecule has 3 aromatic rings. The van der Waals surface area contributed by atoms with Crippen molar-refractivity contribution in [3.05, 3.63) is 40.3 Å². The van der Waals surface area contributed by atoms with Crippen molar-refractivity contribution in [3.63, 3.8) is 0 Å². The van der Waals surface area contributed by atoms with Crippen molar-refractivity contribution in [2.24, 2.45) is 7.05 Å². The number of rotatable bonds is 5. The van der Waals surface area contributed by atoms with E-state index in [1.807, 2.05) is 31.5 Å². The molecule has 0 aromatic carbocycles. The van der Waals surface area contributed by atoms with E-state index in [4.69, 9.17) is 0 Å². The first-order valence-corrected chi connectivity index (χ1v) is 9.33. The van der Waals surface area contributed by atoms with Crippen molar-refractivity contribution < 1.29 is 4.79 Å². The Labute approximate surface area is 144 Å².